The average molecular weight is 379 g/mol. The first-order valence-electron chi connectivity index (χ1n) is 8.15. The molecule has 0 bridgehead atoms. The molecule has 0 aliphatic carbocycles. The lowest BCUT2D eigenvalue weighted by atomic mass is 9.96. The van der Waals surface area contributed by atoms with E-state index in [1.54, 1.807) is 25.1 Å². The molecule has 0 saturated heterocycles. The van der Waals surface area contributed by atoms with Gasteiger partial charge in [-0.25, -0.2) is 9.18 Å². The van der Waals surface area contributed by atoms with Crippen molar-refractivity contribution in [3.63, 3.8) is 0 Å². The number of carbonyl (C=O) groups excluding carboxylic acids is 2. The van der Waals surface area contributed by atoms with E-state index in [0.717, 1.165) is 16.9 Å². The number of benzene rings is 1. The summed E-state index contributed by atoms with van der Waals surface area (Å²) in [5.41, 5.74) is 0.196. The molecule has 0 fully saturated rings. The molecule has 0 aliphatic heterocycles. The van der Waals surface area contributed by atoms with Crippen LogP contribution in [-0.4, -0.2) is 25.1 Å². The normalized spacial score (nSPS) is 11.1. The molecule has 1 heterocycles. The van der Waals surface area contributed by atoms with Gasteiger partial charge in [0.15, 0.2) is 11.6 Å². The number of aryl methyl sites for hydroxylation is 1. The van der Waals surface area contributed by atoms with Crippen molar-refractivity contribution in [3.05, 3.63) is 46.6 Å². The van der Waals surface area contributed by atoms with Crippen LogP contribution in [0.3, 0.4) is 0 Å². The van der Waals surface area contributed by atoms with Gasteiger partial charge in [0.2, 0.25) is 5.91 Å². The van der Waals surface area contributed by atoms with Gasteiger partial charge in [-0.3, -0.25) is 4.79 Å². The fourth-order valence-corrected chi connectivity index (χ4v) is 2.92. The predicted molar refractivity (Wildman–Crippen MR) is 99.3 cm³/mol. The molecule has 2 rings (SSSR count). The number of ether oxygens (including phenoxy) is 2. The number of carbonyl (C=O) groups is 2. The Bertz CT molecular complexity index is 795. The summed E-state index contributed by atoms with van der Waals surface area (Å²) < 4.78 is 23.8. The second kappa shape index (κ2) is 8.31. The Hall–Kier alpha value is -2.41. The van der Waals surface area contributed by atoms with Crippen LogP contribution in [0.15, 0.2) is 30.3 Å². The van der Waals surface area contributed by atoms with Crippen LogP contribution >= 0.6 is 11.3 Å². The summed E-state index contributed by atoms with van der Waals surface area (Å²) in [6.45, 7) is 7.25. The number of nitrogens with one attached hydrogen (secondary N) is 1. The number of thiophene rings is 1. The lowest BCUT2D eigenvalue weighted by molar-refractivity contribution is -0.123. The van der Waals surface area contributed by atoms with Crippen molar-refractivity contribution in [3.8, 4) is 5.75 Å². The maximum Gasteiger partial charge on any atom is 0.348 e. The first-order valence-corrected chi connectivity index (χ1v) is 8.96. The van der Waals surface area contributed by atoms with Crippen LogP contribution in [0.1, 0.15) is 36.0 Å². The van der Waals surface area contributed by atoms with Crippen LogP contribution < -0.4 is 10.1 Å². The van der Waals surface area contributed by atoms with Crippen molar-refractivity contribution in [2.45, 2.75) is 27.7 Å². The van der Waals surface area contributed by atoms with E-state index in [9.17, 15) is 14.0 Å². The van der Waals surface area contributed by atoms with Gasteiger partial charge in [-0.2, -0.15) is 0 Å². The van der Waals surface area contributed by atoms with Gasteiger partial charge in [-0.1, -0.05) is 32.9 Å². The molecule has 0 spiro atoms. The molecule has 0 saturated carbocycles. The van der Waals surface area contributed by atoms with Crippen LogP contribution in [0.4, 0.5) is 9.39 Å². The molecule has 26 heavy (non-hydrogen) atoms. The Morgan fingerprint density at radius 3 is 2.54 bits per heavy atom. The molecule has 0 atom stereocenters. The quantitative estimate of drug-likeness (QED) is 0.596. The first-order chi connectivity index (χ1) is 12.2. The molecule has 1 amide bonds. The highest BCUT2D eigenvalue weighted by Crippen LogP contribution is 2.29. The summed E-state index contributed by atoms with van der Waals surface area (Å²) in [7, 11) is 0. The zero-order valence-electron chi connectivity index (χ0n) is 15.2. The minimum Gasteiger partial charge on any atom is -0.487 e. The lowest BCUT2D eigenvalue weighted by Crippen LogP contribution is -2.27. The molecule has 140 valence electrons. The summed E-state index contributed by atoms with van der Waals surface area (Å²) in [4.78, 5) is 24.6. The number of esters is 1. The van der Waals surface area contributed by atoms with Crippen molar-refractivity contribution in [2.24, 2.45) is 5.41 Å². The summed E-state index contributed by atoms with van der Waals surface area (Å²) in [5, 5.41) is 3.39. The van der Waals surface area contributed by atoms with Crippen molar-refractivity contribution in [1.29, 1.82) is 0 Å². The number of anilines is 1. The third-order valence-corrected chi connectivity index (χ3v) is 4.56. The van der Waals surface area contributed by atoms with Gasteiger partial charge in [-0.15, -0.1) is 11.3 Å². The van der Waals surface area contributed by atoms with Crippen molar-refractivity contribution in [1.82, 2.24) is 0 Å². The van der Waals surface area contributed by atoms with E-state index < -0.39 is 17.2 Å². The summed E-state index contributed by atoms with van der Waals surface area (Å²) in [6.07, 6.45) is 0. The number of hydrogen-bond donors (Lipinski definition) is 1. The van der Waals surface area contributed by atoms with E-state index in [2.05, 4.69) is 5.32 Å². The highest BCUT2D eigenvalue weighted by atomic mass is 32.1. The highest BCUT2D eigenvalue weighted by molar-refractivity contribution is 7.18. The minimum atomic E-state index is -0.525. The van der Waals surface area contributed by atoms with Crippen molar-refractivity contribution < 1.29 is 23.5 Å². The predicted octanol–water partition coefficient (Wildman–Crippen LogP) is 4.42. The third-order valence-electron chi connectivity index (χ3n) is 3.43. The van der Waals surface area contributed by atoms with Gasteiger partial charge in [0, 0.05) is 5.41 Å². The Morgan fingerprint density at radius 2 is 1.88 bits per heavy atom. The molecule has 5 nitrogen and oxygen atoms in total. The zero-order valence-corrected chi connectivity index (χ0v) is 16.0. The lowest BCUT2D eigenvalue weighted by Gasteiger charge is -2.16. The van der Waals surface area contributed by atoms with E-state index in [-0.39, 0.29) is 24.9 Å². The van der Waals surface area contributed by atoms with Crippen LogP contribution in [0, 0.1) is 18.2 Å². The van der Waals surface area contributed by atoms with Crippen molar-refractivity contribution >= 4 is 28.2 Å². The maximum atomic E-state index is 13.4. The van der Waals surface area contributed by atoms with Crippen LogP contribution in [0.25, 0.3) is 0 Å². The molecule has 1 aromatic carbocycles. The van der Waals surface area contributed by atoms with E-state index in [1.165, 1.54) is 12.1 Å². The van der Waals surface area contributed by atoms with E-state index >= 15 is 0 Å². The maximum absolute atomic E-state index is 13.4. The van der Waals surface area contributed by atoms with E-state index in [1.807, 2.05) is 20.8 Å². The number of hydrogen-bond acceptors (Lipinski definition) is 5. The number of halogens is 1. The second-order valence-corrected chi connectivity index (χ2v) is 7.79. The summed E-state index contributed by atoms with van der Waals surface area (Å²) >= 11 is 1.16. The number of amides is 1. The SMILES string of the molecule is Cc1cc(NC(=O)C(C)(C)C)sc1C(=O)OCCOc1ccccc1F. The Balaban J connectivity index is 1.88. The Morgan fingerprint density at radius 1 is 1.19 bits per heavy atom. The van der Waals surface area contributed by atoms with Gasteiger partial charge in [0.05, 0.1) is 5.00 Å². The van der Waals surface area contributed by atoms with Gasteiger partial charge >= 0.3 is 5.97 Å². The largest absolute Gasteiger partial charge is 0.487 e. The van der Waals surface area contributed by atoms with E-state index in [4.69, 9.17) is 9.47 Å². The standard InChI is InChI=1S/C19H22FNO4S/c1-12-11-15(21-18(23)19(2,3)4)26-16(12)17(22)25-10-9-24-14-8-6-5-7-13(14)20/h5-8,11H,9-10H2,1-4H3,(H,21,23). The molecule has 1 N–H and O–H groups in total. The first kappa shape index (κ1) is 19.9. The topological polar surface area (TPSA) is 64.6 Å². The zero-order chi connectivity index (χ0) is 19.3. The number of rotatable bonds is 6. The fourth-order valence-electron chi connectivity index (χ4n) is 1.96. The second-order valence-electron chi connectivity index (χ2n) is 6.74. The molecule has 7 heteroatoms. The molecule has 0 radical (unpaired) electrons. The highest BCUT2D eigenvalue weighted by Gasteiger charge is 2.23. The van der Waals surface area contributed by atoms with Crippen molar-refractivity contribution in [2.75, 3.05) is 18.5 Å². The monoisotopic (exact) mass is 379 g/mol. The number of para-hydroxylation sites is 1. The van der Waals surface area contributed by atoms with Gasteiger partial charge in [0.1, 0.15) is 18.1 Å². The van der Waals surface area contributed by atoms with Crippen LogP contribution in [-0.2, 0) is 9.53 Å². The Kier molecular flexibility index (Phi) is 6.37. The van der Waals surface area contributed by atoms with Gasteiger partial charge in [-0.05, 0) is 30.7 Å². The molecular weight excluding hydrogens is 357 g/mol. The molecule has 0 aliphatic rings. The summed E-state index contributed by atoms with van der Waals surface area (Å²) in [6, 6.07) is 7.76. The molecule has 2 aromatic rings. The Labute approximate surface area is 156 Å². The van der Waals surface area contributed by atoms with Gasteiger partial charge in [0.25, 0.3) is 0 Å². The molecule has 0 unspecified atom stereocenters. The minimum absolute atomic E-state index is 0.00576. The fraction of sp³-hybridized carbons (Fsp3) is 0.368. The van der Waals surface area contributed by atoms with Crippen LogP contribution in [0.2, 0.25) is 0 Å². The van der Waals surface area contributed by atoms with Crippen LogP contribution in [0.5, 0.6) is 5.75 Å². The third kappa shape index (κ3) is 5.29. The molecular formula is C19H22FNO4S. The smallest absolute Gasteiger partial charge is 0.348 e. The van der Waals surface area contributed by atoms with Gasteiger partial charge < -0.3 is 14.8 Å². The average Bonchev–Trinajstić information content (AvgIpc) is 2.92. The molecule has 1 aromatic heterocycles. The van der Waals surface area contributed by atoms with E-state index in [0.29, 0.717) is 9.88 Å². The summed E-state index contributed by atoms with van der Waals surface area (Å²) in [5.74, 6) is -0.979.